The third-order valence-corrected chi connectivity index (χ3v) is 7.88. The van der Waals surface area contributed by atoms with E-state index in [1.807, 2.05) is 47.9 Å². The van der Waals surface area contributed by atoms with Crippen molar-refractivity contribution in [1.82, 2.24) is 14.3 Å². The molecule has 41 heavy (non-hydrogen) atoms. The Kier molecular flexibility index (Phi) is 7.52. The quantitative estimate of drug-likeness (QED) is 0.230. The highest BCUT2D eigenvalue weighted by Crippen LogP contribution is 2.38. The van der Waals surface area contributed by atoms with Crippen LogP contribution in [0.3, 0.4) is 0 Å². The molecule has 0 aliphatic carbocycles. The molecule has 0 bridgehead atoms. The molecule has 4 aromatic rings. The highest BCUT2D eigenvalue weighted by Gasteiger charge is 2.30. The third-order valence-electron chi connectivity index (χ3n) is 6.69. The lowest BCUT2D eigenvalue weighted by molar-refractivity contribution is -0.110. The summed E-state index contributed by atoms with van der Waals surface area (Å²) in [5.41, 5.74) is 5.02. The van der Waals surface area contributed by atoms with Gasteiger partial charge in [-0.3, -0.25) is 9.10 Å². The van der Waals surface area contributed by atoms with Crippen LogP contribution in [0.2, 0.25) is 0 Å². The van der Waals surface area contributed by atoms with Gasteiger partial charge in [-0.25, -0.2) is 18.2 Å². The average Bonchev–Trinajstić information content (AvgIpc) is 3.53. The average molecular weight is 575 g/mol. The molecule has 0 radical (unpaired) electrons. The number of hydrogen-bond donors (Lipinski definition) is 2. The highest BCUT2D eigenvalue weighted by atomic mass is 32.2. The van der Waals surface area contributed by atoms with E-state index in [9.17, 15) is 18.0 Å². The monoisotopic (exact) mass is 574 g/mol. The zero-order valence-electron chi connectivity index (χ0n) is 23.1. The predicted octanol–water partition coefficient (Wildman–Crippen LogP) is 3.38. The molecule has 212 valence electrons. The van der Waals surface area contributed by atoms with Gasteiger partial charge in [-0.1, -0.05) is 6.07 Å². The maximum atomic E-state index is 13.4. The number of sulfonamides is 1. The number of nitrogens with zero attached hydrogens (tertiary/aromatic N) is 4. The number of hydrogen-bond acceptors (Lipinski definition) is 8. The first-order valence-electron chi connectivity index (χ1n) is 12.8. The van der Waals surface area contributed by atoms with Gasteiger partial charge in [-0.05, 0) is 62.6 Å². The Morgan fingerprint density at radius 2 is 1.78 bits per heavy atom. The van der Waals surface area contributed by atoms with Gasteiger partial charge in [0, 0.05) is 48.5 Å². The molecule has 1 aliphatic rings. The van der Waals surface area contributed by atoms with E-state index < -0.39 is 16.0 Å². The number of aromatic nitrogens is 2. The van der Waals surface area contributed by atoms with Crippen LogP contribution in [0.4, 0.5) is 17.1 Å². The minimum Gasteiger partial charge on any atom is -0.465 e. The second-order valence-corrected chi connectivity index (χ2v) is 11.8. The lowest BCUT2D eigenvalue weighted by Gasteiger charge is -2.24. The second kappa shape index (κ2) is 11.1. The van der Waals surface area contributed by atoms with E-state index in [0.717, 1.165) is 11.2 Å². The Bertz CT molecular complexity index is 1780. The van der Waals surface area contributed by atoms with Gasteiger partial charge in [-0.15, -0.1) is 0 Å². The number of methoxy groups -OCH3 is 1. The number of carbonyl (C=O) groups excluding carboxylic acids is 2. The standard InChI is InChI=1S/C29H30N6O5S/c1-33(2)15-16-35(41(4,38)39)22-9-7-21(8-10-22)31-27(20-6-12-25-30-13-14-34(25)18-20)26-23-11-5-19(29(37)40-3)17-24(23)32-28(26)36/h5-14,17-18,31H,15-16H2,1-4H3,(H,32,36). The largest absolute Gasteiger partial charge is 0.465 e. The van der Waals surface area contributed by atoms with Crippen LogP contribution in [-0.4, -0.2) is 75.1 Å². The summed E-state index contributed by atoms with van der Waals surface area (Å²) < 4.78 is 33.0. The van der Waals surface area contributed by atoms with Crippen molar-refractivity contribution in [3.05, 3.63) is 89.9 Å². The molecule has 1 amide bonds. The van der Waals surface area contributed by atoms with Crippen molar-refractivity contribution in [3.8, 4) is 0 Å². The van der Waals surface area contributed by atoms with Crippen LogP contribution in [0.5, 0.6) is 0 Å². The number of likely N-dealkylation sites (N-methyl/N-ethyl adjacent to an activating group) is 1. The fourth-order valence-corrected chi connectivity index (χ4v) is 5.56. The summed E-state index contributed by atoms with van der Waals surface area (Å²) in [6.45, 7) is 0.871. The number of amides is 1. The van der Waals surface area contributed by atoms with Gasteiger partial charge in [0.05, 0.1) is 41.6 Å². The molecular formula is C29H30N6O5S. The summed E-state index contributed by atoms with van der Waals surface area (Å²) in [4.78, 5) is 31.7. The van der Waals surface area contributed by atoms with E-state index >= 15 is 0 Å². The van der Waals surface area contributed by atoms with Crippen molar-refractivity contribution in [3.63, 3.8) is 0 Å². The van der Waals surface area contributed by atoms with Crippen LogP contribution >= 0.6 is 0 Å². The van der Waals surface area contributed by atoms with E-state index in [1.54, 1.807) is 48.7 Å². The number of fused-ring (bicyclic) bond motifs is 2. The molecule has 2 N–H and O–H groups in total. The molecule has 0 fully saturated rings. The number of esters is 1. The lowest BCUT2D eigenvalue weighted by Crippen LogP contribution is -2.35. The van der Waals surface area contributed by atoms with Gasteiger partial charge < -0.3 is 24.7 Å². The van der Waals surface area contributed by atoms with Gasteiger partial charge in [0.1, 0.15) is 5.65 Å². The van der Waals surface area contributed by atoms with Crippen molar-refractivity contribution in [2.75, 3.05) is 55.5 Å². The summed E-state index contributed by atoms with van der Waals surface area (Å²) in [5, 5.41) is 6.24. The number of benzene rings is 2. The Balaban J connectivity index is 1.57. The molecule has 0 unspecified atom stereocenters. The number of carbonyl (C=O) groups is 2. The number of nitrogens with one attached hydrogen (secondary N) is 2. The predicted molar refractivity (Wildman–Crippen MR) is 159 cm³/mol. The molecule has 12 heteroatoms. The maximum absolute atomic E-state index is 13.4. The first-order chi connectivity index (χ1) is 19.5. The first-order valence-corrected chi connectivity index (χ1v) is 14.6. The molecule has 2 aromatic carbocycles. The molecular weight excluding hydrogens is 544 g/mol. The smallest absolute Gasteiger partial charge is 0.337 e. The molecule has 5 rings (SSSR count). The van der Waals surface area contributed by atoms with Crippen LogP contribution < -0.4 is 14.9 Å². The molecule has 3 heterocycles. The van der Waals surface area contributed by atoms with Gasteiger partial charge in [-0.2, -0.15) is 0 Å². The summed E-state index contributed by atoms with van der Waals surface area (Å²) in [6.07, 6.45) is 6.56. The second-order valence-electron chi connectivity index (χ2n) is 9.88. The number of imidazole rings is 1. The maximum Gasteiger partial charge on any atom is 0.337 e. The van der Waals surface area contributed by atoms with E-state index in [0.29, 0.717) is 52.5 Å². The van der Waals surface area contributed by atoms with Crippen LogP contribution in [0.25, 0.3) is 16.9 Å². The van der Waals surface area contributed by atoms with Crippen LogP contribution in [0.1, 0.15) is 21.5 Å². The van der Waals surface area contributed by atoms with E-state index in [4.69, 9.17) is 4.74 Å². The van der Waals surface area contributed by atoms with Crippen molar-refractivity contribution in [2.24, 2.45) is 0 Å². The van der Waals surface area contributed by atoms with Gasteiger partial charge in [0.25, 0.3) is 5.91 Å². The molecule has 1 aliphatic heterocycles. The van der Waals surface area contributed by atoms with Crippen molar-refractivity contribution >= 4 is 55.9 Å². The minimum atomic E-state index is -3.49. The van der Waals surface area contributed by atoms with E-state index in [1.165, 1.54) is 17.7 Å². The molecule has 0 atom stereocenters. The normalized spacial score (nSPS) is 14.1. The number of anilines is 3. The molecule has 0 spiro atoms. The molecule has 11 nitrogen and oxygen atoms in total. The third kappa shape index (κ3) is 5.79. The molecule has 0 saturated heterocycles. The highest BCUT2D eigenvalue weighted by molar-refractivity contribution is 7.92. The van der Waals surface area contributed by atoms with Crippen LogP contribution in [0, 0.1) is 0 Å². The number of rotatable bonds is 9. The summed E-state index contributed by atoms with van der Waals surface area (Å²) in [5.74, 6) is -0.837. The van der Waals surface area contributed by atoms with Crippen molar-refractivity contribution in [2.45, 2.75) is 0 Å². The Morgan fingerprint density at radius 1 is 1.05 bits per heavy atom. The fourth-order valence-electron chi connectivity index (χ4n) is 4.65. The summed E-state index contributed by atoms with van der Waals surface area (Å²) >= 11 is 0. The zero-order chi connectivity index (χ0) is 29.3. The topological polar surface area (TPSA) is 125 Å². The Hall–Kier alpha value is -4.68. The first kappa shape index (κ1) is 27.9. The van der Waals surface area contributed by atoms with Crippen LogP contribution in [-0.2, 0) is 19.6 Å². The number of pyridine rings is 1. The van der Waals surface area contributed by atoms with Gasteiger partial charge >= 0.3 is 5.97 Å². The van der Waals surface area contributed by atoms with Gasteiger partial charge in [0.15, 0.2) is 0 Å². The van der Waals surface area contributed by atoms with Crippen molar-refractivity contribution < 1.29 is 22.7 Å². The fraction of sp³-hybridized carbons (Fsp3) is 0.207. The zero-order valence-corrected chi connectivity index (χ0v) is 23.9. The minimum absolute atomic E-state index is 0.309. The number of ether oxygens (including phenoxy) is 1. The lowest BCUT2D eigenvalue weighted by atomic mass is 9.99. The Labute approximate surface area is 238 Å². The Morgan fingerprint density at radius 3 is 2.46 bits per heavy atom. The molecule has 0 saturated carbocycles. The van der Waals surface area contributed by atoms with E-state index in [-0.39, 0.29) is 5.91 Å². The SMILES string of the molecule is COC(=O)c1ccc2c(c1)NC(=O)C2=C(Nc1ccc(N(CCN(C)C)S(C)(=O)=O)cc1)c1ccc2nccn2c1. The van der Waals surface area contributed by atoms with Crippen molar-refractivity contribution in [1.29, 1.82) is 0 Å². The van der Waals surface area contributed by atoms with Gasteiger partial charge in [0.2, 0.25) is 10.0 Å². The molecule has 2 aromatic heterocycles. The van der Waals surface area contributed by atoms with E-state index in [2.05, 4.69) is 15.6 Å². The van der Waals surface area contributed by atoms with Crippen LogP contribution in [0.15, 0.2) is 73.2 Å². The summed E-state index contributed by atoms with van der Waals surface area (Å²) in [7, 11) is 1.58. The summed E-state index contributed by atoms with van der Waals surface area (Å²) in [6, 6.07) is 15.6.